The molecule has 1 aliphatic carbocycles. The fourth-order valence-corrected chi connectivity index (χ4v) is 1.94. The van der Waals surface area contributed by atoms with Crippen molar-refractivity contribution in [1.29, 1.82) is 0 Å². The van der Waals surface area contributed by atoms with Gasteiger partial charge in [0, 0.05) is 6.42 Å². The fraction of sp³-hybridized carbons (Fsp3) is 0.800. The molecular formula is C10H18N2O2. The normalized spacial score (nSPS) is 20.1. The van der Waals surface area contributed by atoms with Crippen molar-refractivity contribution >= 4 is 11.8 Å². The molecule has 1 saturated carbocycles. The zero-order chi connectivity index (χ0) is 10.6. The Hall–Kier alpha value is -1.06. The van der Waals surface area contributed by atoms with Crippen molar-refractivity contribution < 1.29 is 9.59 Å². The highest BCUT2D eigenvalue weighted by atomic mass is 16.2. The van der Waals surface area contributed by atoms with Gasteiger partial charge in [0.15, 0.2) is 0 Å². The van der Waals surface area contributed by atoms with Crippen LogP contribution in [0, 0.1) is 0 Å². The third-order valence-electron chi connectivity index (χ3n) is 2.88. The van der Waals surface area contributed by atoms with E-state index in [0.29, 0.717) is 19.3 Å². The van der Waals surface area contributed by atoms with Gasteiger partial charge in [-0.2, -0.15) is 0 Å². The molecule has 1 rings (SSSR count). The molecule has 3 N–H and O–H groups in total. The lowest BCUT2D eigenvalue weighted by Gasteiger charge is -2.34. The van der Waals surface area contributed by atoms with E-state index in [1.165, 1.54) is 0 Å². The van der Waals surface area contributed by atoms with Crippen LogP contribution in [0.15, 0.2) is 0 Å². The largest absolute Gasteiger partial charge is 0.368 e. The van der Waals surface area contributed by atoms with Gasteiger partial charge in [-0.25, -0.2) is 0 Å². The van der Waals surface area contributed by atoms with Gasteiger partial charge in [-0.15, -0.1) is 0 Å². The third-order valence-corrected chi connectivity index (χ3v) is 2.88. The van der Waals surface area contributed by atoms with Crippen molar-refractivity contribution in [3.05, 3.63) is 0 Å². The summed E-state index contributed by atoms with van der Waals surface area (Å²) in [6.07, 6.45) is 4.83. The van der Waals surface area contributed by atoms with Gasteiger partial charge in [-0.1, -0.05) is 26.2 Å². The topological polar surface area (TPSA) is 72.2 Å². The first-order chi connectivity index (χ1) is 6.60. The molecule has 0 bridgehead atoms. The van der Waals surface area contributed by atoms with Crippen LogP contribution in [0.1, 0.15) is 45.4 Å². The maximum atomic E-state index is 11.3. The maximum absolute atomic E-state index is 11.3. The summed E-state index contributed by atoms with van der Waals surface area (Å²) >= 11 is 0. The second kappa shape index (κ2) is 4.44. The Morgan fingerprint density at radius 2 is 1.86 bits per heavy atom. The monoisotopic (exact) mass is 198 g/mol. The average Bonchev–Trinajstić information content (AvgIpc) is 2.19. The van der Waals surface area contributed by atoms with Crippen LogP contribution in [0.2, 0.25) is 0 Å². The van der Waals surface area contributed by atoms with E-state index in [1.54, 1.807) is 6.92 Å². The van der Waals surface area contributed by atoms with Crippen molar-refractivity contribution in [3.63, 3.8) is 0 Å². The maximum Gasteiger partial charge on any atom is 0.243 e. The van der Waals surface area contributed by atoms with Crippen molar-refractivity contribution in [2.24, 2.45) is 5.73 Å². The molecule has 0 spiro atoms. The van der Waals surface area contributed by atoms with Crippen LogP contribution in [-0.4, -0.2) is 17.4 Å². The number of carbonyl (C=O) groups is 2. The Kier molecular flexibility index (Phi) is 3.49. The van der Waals surface area contributed by atoms with Gasteiger partial charge in [-0.3, -0.25) is 9.59 Å². The minimum Gasteiger partial charge on any atom is -0.368 e. The SMILES string of the molecule is CCC(=O)NC1(C(N)=O)CCCCC1. The van der Waals surface area contributed by atoms with E-state index in [4.69, 9.17) is 5.73 Å². The Labute approximate surface area is 84.2 Å². The lowest BCUT2D eigenvalue weighted by atomic mass is 9.81. The summed E-state index contributed by atoms with van der Waals surface area (Å²) in [7, 11) is 0. The van der Waals surface area contributed by atoms with Crippen LogP contribution in [0.25, 0.3) is 0 Å². The van der Waals surface area contributed by atoms with Gasteiger partial charge in [0.05, 0.1) is 0 Å². The Morgan fingerprint density at radius 3 is 2.29 bits per heavy atom. The van der Waals surface area contributed by atoms with Crippen molar-refractivity contribution in [2.75, 3.05) is 0 Å². The molecule has 0 heterocycles. The van der Waals surface area contributed by atoms with Gasteiger partial charge in [-0.05, 0) is 12.8 Å². The minimum atomic E-state index is -0.759. The zero-order valence-electron chi connectivity index (χ0n) is 8.64. The quantitative estimate of drug-likeness (QED) is 0.700. The van der Waals surface area contributed by atoms with E-state index in [-0.39, 0.29) is 11.8 Å². The molecule has 0 atom stereocenters. The predicted octanol–water partition coefficient (Wildman–Crippen LogP) is 0.701. The number of carbonyl (C=O) groups excluding carboxylic acids is 2. The summed E-state index contributed by atoms with van der Waals surface area (Å²) in [4.78, 5) is 22.6. The molecule has 1 aliphatic rings. The summed E-state index contributed by atoms with van der Waals surface area (Å²) in [5.74, 6) is -0.482. The molecule has 4 heteroatoms. The first-order valence-corrected chi connectivity index (χ1v) is 5.21. The number of nitrogens with two attached hydrogens (primary N) is 1. The number of amides is 2. The lowest BCUT2D eigenvalue weighted by Crippen LogP contribution is -2.58. The first kappa shape index (κ1) is 11.0. The molecular weight excluding hydrogens is 180 g/mol. The van der Waals surface area contributed by atoms with Crippen molar-refractivity contribution in [2.45, 2.75) is 51.0 Å². The Morgan fingerprint density at radius 1 is 1.29 bits per heavy atom. The number of hydrogen-bond acceptors (Lipinski definition) is 2. The van der Waals surface area contributed by atoms with Crippen LogP contribution < -0.4 is 11.1 Å². The van der Waals surface area contributed by atoms with Crippen LogP contribution in [0.3, 0.4) is 0 Å². The summed E-state index contributed by atoms with van der Waals surface area (Å²) in [6, 6.07) is 0. The highest BCUT2D eigenvalue weighted by Gasteiger charge is 2.38. The van der Waals surface area contributed by atoms with Crippen LogP contribution in [-0.2, 0) is 9.59 Å². The fourth-order valence-electron chi connectivity index (χ4n) is 1.94. The van der Waals surface area contributed by atoms with Crippen LogP contribution >= 0.6 is 0 Å². The number of nitrogens with one attached hydrogen (secondary N) is 1. The van der Waals surface area contributed by atoms with Gasteiger partial charge >= 0.3 is 0 Å². The minimum absolute atomic E-state index is 0.0919. The highest BCUT2D eigenvalue weighted by molar-refractivity contribution is 5.90. The van der Waals surface area contributed by atoms with Crippen LogP contribution in [0.5, 0.6) is 0 Å². The van der Waals surface area contributed by atoms with E-state index < -0.39 is 5.54 Å². The molecule has 0 radical (unpaired) electrons. The van der Waals surface area contributed by atoms with E-state index >= 15 is 0 Å². The molecule has 0 aromatic heterocycles. The molecule has 2 amide bonds. The molecule has 80 valence electrons. The summed E-state index contributed by atoms with van der Waals surface area (Å²) in [5.41, 5.74) is 4.59. The predicted molar refractivity (Wildman–Crippen MR) is 53.4 cm³/mol. The standard InChI is InChI=1S/C10H18N2O2/c1-2-8(13)12-10(9(11)14)6-4-3-5-7-10/h2-7H2,1H3,(H2,11,14)(H,12,13). The zero-order valence-corrected chi connectivity index (χ0v) is 8.64. The van der Waals surface area contributed by atoms with Crippen LogP contribution in [0.4, 0.5) is 0 Å². The second-order valence-electron chi connectivity index (χ2n) is 3.91. The first-order valence-electron chi connectivity index (χ1n) is 5.21. The molecule has 0 aliphatic heterocycles. The molecule has 0 aromatic rings. The highest BCUT2D eigenvalue weighted by Crippen LogP contribution is 2.27. The molecule has 1 fully saturated rings. The molecule has 0 aromatic carbocycles. The number of primary amides is 1. The van der Waals surface area contributed by atoms with E-state index in [2.05, 4.69) is 5.32 Å². The average molecular weight is 198 g/mol. The summed E-state index contributed by atoms with van der Waals surface area (Å²) in [6.45, 7) is 1.77. The summed E-state index contributed by atoms with van der Waals surface area (Å²) < 4.78 is 0. The van der Waals surface area contributed by atoms with E-state index in [1.807, 2.05) is 0 Å². The van der Waals surface area contributed by atoms with Gasteiger partial charge < -0.3 is 11.1 Å². The Bertz CT molecular complexity index is 232. The number of rotatable bonds is 3. The lowest BCUT2D eigenvalue weighted by molar-refractivity contribution is -0.132. The van der Waals surface area contributed by atoms with E-state index in [9.17, 15) is 9.59 Å². The summed E-state index contributed by atoms with van der Waals surface area (Å²) in [5, 5.41) is 2.77. The Balaban J connectivity index is 2.70. The van der Waals surface area contributed by atoms with Crippen molar-refractivity contribution in [3.8, 4) is 0 Å². The molecule has 4 nitrogen and oxygen atoms in total. The molecule has 0 unspecified atom stereocenters. The van der Waals surface area contributed by atoms with E-state index in [0.717, 1.165) is 19.3 Å². The smallest absolute Gasteiger partial charge is 0.243 e. The third kappa shape index (κ3) is 2.25. The second-order valence-corrected chi connectivity index (χ2v) is 3.91. The molecule has 14 heavy (non-hydrogen) atoms. The van der Waals surface area contributed by atoms with Gasteiger partial charge in [0.25, 0.3) is 0 Å². The molecule has 0 saturated heterocycles. The van der Waals surface area contributed by atoms with Crippen molar-refractivity contribution in [1.82, 2.24) is 5.32 Å². The van der Waals surface area contributed by atoms with Gasteiger partial charge in [0.1, 0.15) is 5.54 Å². The van der Waals surface area contributed by atoms with Gasteiger partial charge in [0.2, 0.25) is 11.8 Å². The number of hydrogen-bond donors (Lipinski definition) is 2.